The molecule has 8 heteroatoms. The van der Waals surface area contributed by atoms with Gasteiger partial charge >= 0.3 is 6.18 Å². The van der Waals surface area contributed by atoms with Gasteiger partial charge < -0.3 is 10.2 Å². The Morgan fingerprint density at radius 3 is 2.37 bits per heavy atom. The van der Waals surface area contributed by atoms with E-state index in [1.54, 1.807) is 12.1 Å². The second-order valence-corrected chi connectivity index (χ2v) is 6.22. The van der Waals surface area contributed by atoms with E-state index < -0.39 is 35.7 Å². The first-order valence-electron chi connectivity index (χ1n) is 8.26. The average molecular weight is 378 g/mol. The Hall–Kier alpha value is -2.87. The first kappa shape index (κ1) is 18.9. The van der Waals surface area contributed by atoms with E-state index in [-0.39, 0.29) is 11.1 Å². The number of halogens is 3. The number of aromatic hydroxyl groups is 1. The van der Waals surface area contributed by atoms with Gasteiger partial charge in [0.15, 0.2) is 5.72 Å². The molecule has 0 aromatic heterocycles. The lowest BCUT2D eigenvalue weighted by Gasteiger charge is -2.31. The number of benzene rings is 2. The molecule has 2 aromatic carbocycles. The Morgan fingerprint density at radius 1 is 1.19 bits per heavy atom. The third-order valence-electron chi connectivity index (χ3n) is 4.46. The number of hydrazone groups is 1. The van der Waals surface area contributed by atoms with Gasteiger partial charge in [-0.3, -0.25) is 4.79 Å². The lowest BCUT2D eigenvalue weighted by molar-refractivity contribution is -0.0816. The molecule has 0 unspecified atom stereocenters. The van der Waals surface area contributed by atoms with Crippen molar-refractivity contribution in [3.8, 4) is 5.75 Å². The van der Waals surface area contributed by atoms with E-state index in [1.165, 1.54) is 36.4 Å². The lowest BCUT2D eigenvalue weighted by Crippen LogP contribution is -2.43. The van der Waals surface area contributed by atoms with E-state index in [2.05, 4.69) is 5.10 Å². The van der Waals surface area contributed by atoms with Gasteiger partial charge in [-0.1, -0.05) is 43.3 Å². The number of hydrogen-bond donors (Lipinski definition) is 2. The number of amides is 1. The van der Waals surface area contributed by atoms with E-state index in [9.17, 15) is 28.2 Å². The summed E-state index contributed by atoms with van der Waals surface area (Å²) in [7, 11) is 0. The van der Waals surface area contributed by atoms with Crippen LogP contribution in [0.3, 0.4) is 0 Å². The van der Waals surface area contributed by atoms with Crippen LogP contribution in [-0.2, 0) is 12.1 Å². The zero-order valence-electron chi connectivity index (χ0n) is 14.4. The Kier molecular flexibility index (Phi) is 4.69. The number of para-hydroxylation sites is 1. The number of alkyl halides is 3. The zero-order valence-corrected chi connectivity index (χ0v) is 14.4. The van der Waals surface area contributed by atoms with Crippen molar-refractivity contribution in [1.82, 2.24) is 5.01 Å². The SMILES string of the molecule is CCc1ccc([C@]2(O)CC(C(F)(F)F)=NN2C(=O)c2ccccc2O)cc1. The van der Waals surface area contributed by atoms with Gasteiger partial charge in [-0.15, -0.1) is 0 Å². The monoisotopic (exact) mass is 378 g/mol. The number of aryl methyl sites for hydroxylation is 1. The van der Waals surface area contributed by atoms with Gasteiger partial charge in [0.2, 0.25) is 0 Å². The van der Waals surface area contributed by atoms with Crippen LogP contribution in [0.25, 0.3) is 0 Å². The van der Waals surface area contributed by atoms with Gasteiger partial charge in [-0.25, -0.2) is 0 Å². The van der Waals surface area contributed by atoms with Gasteiger partial charge in [0, 0.05) is 5.56 Å². The maximum atomic E-state index is 13.2. The van der Waals surface area contributed by atoms with E-state index in [0.717, 1.165) is 5.56 Å². The quantitative estimate of drug-likeness (QED) is 0.858. The van der Waals surface area contributed by atoms with Gasteiger partial charge in [0.05, 0.1) is 12.0 Å². The summed E-state index contributed by atoms with van der Waals surface area (Å²) < 4.78 is 39.7. The molecule has 2 N–H and O–H groups in total. The highest BCUT2D eigenvalue weighted by Crippen LogP contribution is 2.41. The van der Waals surface area contributed by atoms with Crippen LogP contribution in [-0.4, -0.2) is 33.0 Å². The highest BCUT2D eigenvalue weighted by atomic mass is 19.4. The fraction of sp³-hybridized carbons (Fsp3) is 0.263. The van der Waals surface area contributed by atoms with Crippen LogP contribution in [0.5, 0.6) is 5.75 Å². The summed E-state index contributed by atoms with van der Waals surface area (Å²) in [6, 6.07) is 11.7. The summed E-state index contributed by atoms with van der Waals surface area (Å²) >= 11 is 0. The number of carbonyl (C=O) groups excluding carboxylic acids is 1. The van der Waals surface area contributed by atoms with Crippen molar-refractivity contribution >= 4 is 11.6 Å². The molecule has 3 rings (SSSR count). The number of phenolic OH excluding ortho intramolecular Hbond substituents is 1. The highest BCUT2D eigenvalue weighted by Gasteiger charge is 2.53. The van der Waals surface area contributed by atoms with Crippen LogP contribution in [0.1, 0.15) is 34.8 Å². The van der Waals surface area contributed by atoms with Gasteiger partial charge in [-0.2, -0.15) is 23.3 Å². The molecule has 0 saturated carbocycles. The lowest BCUT2D eigenvalue weighted by atomic mass is 9.95. The fourth-order valence-corrected chi connectivity index (χ4v) is 2.92. The fourth-order valence-electron chi connectivity index (χ4n) is 2.92. The molecule has 1 aliphatic rings. The first-order valence-corrected chi connectivity index (χ1v) is 8.26. The van der Waals surface area contributed by atoms with Crippen molar-refractivity contribution in [3.63, 3.8) is 0 Å². The van der Waals surface area contributed by atoms with Crippen molar-refractivity contribution in [1.29, 1.82) is 0 Å². The van der Waals surface area contributed by atoms with Crippen LogP contribution >= 0.6 is 0 Å². The van der Waals surface area contributed by atoms with E-state index in [1.807, 2.05) is 6.92 Å². The number of rotatable bonds is 3. The minimum Gasteiger partial charge on any atom is -0.507 e. The largest absolute Gasteiger partial charge is 0.507 e. The third-order valence-corrected chi connectivity index (χ3v) is 4.46. The van der Waals surface area contributed by atoms with Crippen LogP contribution in [0, 0.1) is 0 Å². The van der Waals surface area contributed by atoms with Gasteiger partial charge in [-0.05, 0) is 24.1 Å². The molecule has 2 aromatic rings. The molecule has 0 fully saturated rings. The second-order valence-electron chi connectivity index (χ2n) is 6.22. The van der Waals surface area contributed by atoms with Crippen molar-refractivity contribution in [2.45, 2.75) is 31.7 Å². The topological polar surface area (TPSA) is 73.1 Å². The van der Waals surface area contributed by atoms with Gasteiger partial charge in [0.1, 0.15) is 11.5 Å². The number of nitrogens with zero attached hydrogens (tertiary/aromatic N) is 2. The summed E-state index contributed by atoms with van der Waals surface area (Å²) in [5.74, 6) is -1.45. The van der Waals surface area contributed by atoms with Crippen LogP contribution in [0.4, 0.5) is 13.2 Å². The van der Waals surface area contributed by atoms with Crippen molar-refractivity contribution in [2.75, 3.05) is 0 Å². The summed E-state index contributed by atoms with van der Waals surface area (Å²) in [6.07, 6.45) is -4.99. The molecule has 0 radical (unpaired) electrons. The third kappa shape index (κ3) is 3.40. The summed E-state index contributed by atoms with van der Waals surface area (Å²) in [6.45, 7) is 1.91. The van der Waals surface area contributed by atoms with Crippen LogP contribution in [0.15, 0.2) is 53.6 Å². The summed E-state index contributed by atoms with van der Waals surface area (Å²) in [5.41, 5.74) is -2.81. The molecular formula is C19H17F3N2O3. The van der Waals surface area contributed by atoms with Crippen LogP contribution < -0.4 is 0 Å². The number of phenols is 1. The maximum absolute atomic E-state index is 13.2. The van der Waals surface area contributed by atoms with Crippen molar-refractivity contribution in [2.24, 2.45) is 5.10 Å². The zero-order chi connectivity index (χ0) is 19.8. The minimum atomic E-state index is -4.80. The van der Waals surface area contributed by atoms with Crippen molar-refractivity contribution in [3.05, 3.63) is 65.2 Å². The molecule has 1 heterocycles. The molecule has 1 amide bonds. The van der Waals surface area contributed by atoms with Crippen molar-refractivity contribution < 1.29 is 28.2 Å². The predicted molar refractivity (Wildman–Crippen MR) is 92.1 cm³/mol. The second kappa shape index (κ2) is 6.70. The highest BCUT2D eigenvalue weighted by molar-refractivity contribution is 6.01. The molecule has 0 saturated heterocycles. The van der Waals surface area contributed by atoms with E-state index >= 15 is 0 Å². The number of aliphatic hydroxyl groups is 1. The Balaban J connectivity index is 2.08. The molecule has 1 atom stereocenters. The van der Waals surface area contributed by atoms with E-state index in [0.29, 0.717) is 11.4 Å². The minimum absolute atomic E-state index is 0.103. The average Bonchev–Trinajstić information content (AvgIpc) is 3.01. The summed E-state index contributed by atoms with van der Waals surface area (Å²) in [5, 5.41) is 24.7. The predicted octanol–water partition coefficient (Wildman–Crippen LogP) is 3.56. The van der Waals surface area contributed by atoms with Gasteiger partial charge in [0.25, 0.3) is 5.91 Å². The number of carbonyl (C=O) groups is 1. The Labute approximate surface area is 153 Å². The molecule has 0 bridgehead atoms. The standard InChI is InChI=1S/C19H17F3N2O3/c1-2-12-7-9-13(10-8-12)18(27)11-16(19(20,21)22)23-24(18)17(26)14-5-3-4-6-15(14)25/h3-10,25,27H,2,11H2,1H3/t18-/m1/s1. The molecule has 1 aliphatic heterocycles. The van der Waals surface area contributed by atoms with E-state index in [4.69, 9.17) is 0 Å². The summed E-state index contributed by atoms with van der Waals surface area (Å²) in [4.78, 5) is 12.8. The molecular weight excluding hydrogens is 361 g/mol. The first-order chi connectivity index (χ1) is 12.7. The Bertz CT molecular complexity index is 894. The van der Waals surface area contributed by atoms with Crippen LogP contribution in [0.2, 0.25) is 0 Å². The molecule has 0 spiro atoms. The maximum Gasteiger partial charge on any atom is 0.431 e. The Morgan fingerprint density at radius 2 is 1.81 bits per heavy atom. The number of hydrogen-bond acceptors (Lipinski definition) is 4. The molecule has 5 nitrogen and oxygen atoms in total. The molecule has 142 valence electrons. The normalized spacial score (nSPS) is 19.9. The smallest absolute Gasteiger partial charge is 0.431 e. The molecule has 0 aliphatic carbocycles. The molecule has 27 heavy (non-hydrogen) atoms.